The average Bonchev–Trinajstić information content (AvgIpc) is 3.16. The molecule has 30 heavy (non-hydrogen) atoms. The number of aromatic nitrogens is 4. The van der Waals surface area contributed by atoms with E-state index in [1.807, 2.05) is 0 Å². The molecule has 3 aromatic heterocycles. The summed E-state index contributed by atoms with van der Waals surface area (Å²) in [5.41, 5.74) is 0.799. The molecule has 1 saturated heterocycles. The standard InChI is InChI=1S/C21H22F3N5O/c1-13(2)16-10-18(21(22,23)24)29-19(26-16)11-17(27-29)15-4-3-9-28(12-15)20(30)14-5-7-25-8-6-14/h5-8,10-11,13,15H,3-4,9,12H2,1-2H3. The van der Waals surface area contributed by atoms with Crippen LogP contribution in [0.2, 0.25) is 0 Å². The largest absolute Gasteiger partial charge is 0.433 e. The van der Waals surface area contributed by atoms with Gasteiger partial charge in [-0.1, -0.05) is 13.8 Å². The summed E-state index contributed by atoms with van der Waals surface area (Å²) in [6.07, 6.45) is 0.0967. The van der Waals surface area contributed by atoms with Crippen molar-refractivity contribution in [2.45, 2.75) is 44.7 Å². The molecule has 1 atom stereocenters. The van der Waals surface area contributed by atoms with Crippen molar-refractivity contribution < 1.29 is 18.0 Å². The van der Waals surface area contributed by atoms with Crippen LogP contribution in [0.15, 0.2) is 36.7 Å². The molecule has 0 saturated carbocycles. The molecular formula is C21H22F3N5O. The normalized spacial score (nSPS) is 17.7. The molecule has 1 fully saturated rings. The quantitative estimate of drug-likeness (QED) is 0.638. The Kier molecular flexibility index (Phi) is 5.21. The first-order valence-corrected chi connectivity index (χ1v) is 9.91. The van der Waals surface area contributed by atoms with Crippen molar-refractivity contribution in [2.24, 2.45) is 0 Å². The Morgan fingerprint density at radius 1 is 1.20 bits per heavy atom. The van der Waals surface area contributed by atoms with Gasteiger partial charge < -0.3 is 4.90 Å². The summed E-state index contributed by atoms with van der Waals surface area (Å²) in [5.74, 6) is -0.394. The van der Waals surface area contributed by atoms with Gasteiger partial charge in [-0.25, -0.2) is 9.50 Å². The molecule has 0 radical (unpaired) electrons. The second kappa shape index (κ2) is 7.70. The van der Waals surface area contributed by atoms with E-state index < -0.39 is 11.9 Å². The van der Waals surface area contributed by atoms with E-state index in [1.165, 1.54) is 0 Å². The van der Waals surface area contributed by atoms with Crippen LogP contribution in [0.5, 0.6) is 0 Å². The number of carbonyl (C=O) groups excluding carboxylic acids is 1. The summed E-state index contributed by atoms with van der Waals surface area (Å²) >= 11 is 0. The van der Waals surface area contributed by atoms with E-state index in [2.05, 4.69) is 15.1 Å². The minimum absolute atomic E-state index is 0.109. The van der Waals surface area contributed by atoms with Crippen LogP contribution >= 0.6 is 0 Å². The van der Waals surface area contributed by atoms with Crippen LogP contribution in [-0.4, -0.2) is 43.5 Å². The first-order valence-electron chi connectivity index (χ1n) is 9.91. The van der Waals surface area contributed by atoms with E-state index in [1.54, 1.807) is 49.3 Å². The van der Waals surface area contributed by atoms with Crippen molar-refractivity contribution in [1.82, 2.24) is 24.5 Å². The number of pyridine rings is 1. The van der Waals surface area contributed by atoms with Crippen LogP contribution in [0.3, 0.4) is 0 Å². The third-order valence-electron chi connectivity index (χ3n) is 5.40. The van der Waals surface area contributed by atoms with Gasteiger partial charge >= 0.3 is 6.18 Å². The van der Waals surface area contributed by atoms with E-state index in [0.29, 0.717) is 30.0 Å². The molecule has 4 rings (SSSR count). The zero-order valence-corrected chi connectivity index (χ0v) is 16.7. The van der Waals surface area contributed by atoms with Crippen molar-refractivity contribution in [2.75, 3.05) is 13.1 Å². The predicted molar refractivity (Wildman–Crippen MR) is 104 cm³/mol. The zero-order valence-electron chi connectivity index (χ0n) is 16.7. The second-order valence-electron chi connectivity index (χ2n) is 7.88. The molecule has 6 nitrogen and oxygen atoms in total. The van der Waals surface area contributed by atoms with Gasteiger partial charge in [-0.15, -0.1) is 0 Å². The van der Waals surface area contributed by atoms with E-state index in [-0.39, 0.29) is 23.4 Å². The first-order chi connectivity index (χ1) is 14.2. The molecule has 0 spiro atoms. The highest BCUT2D eigenvalue weighted by atomic mass is 19.4. The number of rotatable bonds is 3. The first kappa shape index (κ1) is 20.3. The molecule has 1 unspecified atom stereocenters. The van der Waals surface area contributed by atoms with Gasteiger partial charge in [0.15, 0.2) is 5.65 Å². The third kappa shape index (κ3) is 3.88. The summed E-state index contributed by atoms with van der Waals surface area (Å²) in [6, 6.07) is 5.99. The van der Waals surface area contributed by atoms with E-state index in [4.69, 9.17) is 0 Å². The van der Waals surface area contributed by atoms with Gasteiger partial charge in [0.2, 0.25) is 0 Å². The molecule has 1 aliphatic heterocycles. The lowest BCUT2D eigenvalue weighted by Gasteiger charge is -2.32. The van der Waals surface area contributed by atoms with E-state index in [9.17, 15) is 18.0 Å². The second-order valence-corrected chi connectivity index (χ2v) is 7.88. The van der Waals surface area contributed by atoms with Gasteiger partial charge in [0.05, 0.1) is 5.69 Å². The van der Waals surface area contributed by atoms with Crippen LogP contribution in [0, 0.1) is 0 Å². The number of piperidine rings is 1. The smallest absolute Gasteiger partial charge is 0.338 e. The molecular weight excluding hydrogens is 395 g/mol. The monoisotopic (exact) mass is 417 g/mol. The maximum absolute atomic E-state index is 13.6. The van der Waals surface area contributed by atoms with Crippen molar-refractivity contribution in [1.29, 1.82) is 0 Å². The number of carbonyl (C=O) groups is 1. The molecule has 3 aromatic rings. The number of alkyl halides is 3. The highest BCUT2D eigenvalue weighted by molar-refractivity contribution is 5.94. The van der Waals surface area contributed by atoms with Crippen LogP contribution < -0.4 is 0 Å². The van der Waals surface area contributed by atoms with Crippen LogP contribution in [0.25, 0.3) is 5.65 Å². The lowest BCUT2D eigenvalue weighted by molar-refractivity contribution is -0.142. The fraction of sp³-hybridized carbons (Fsp3) is 0.429. The number of halogens is 3. The highest BCUT2D eigenvalue weighted by Crippen LogP contribution is 2.33. The van der Waals surface area contributed by atoms with Gasteiger partial charge in [-0.05, 0) is 37.0 Å². The summed E-state index contributed by atoms with van der Waals surface area (Å²) in [4.78, 5) is 22.8. The molecule has 9 heteroatoms. The van der Waals surface area contributed by atoms with Crippen LogP contribution in [-0.2, 0) is 6.18 Å². The minimum Gasteiger partial charge on any atom is -0.338 e. The molecule has 1 amide bonds. The Bertz CT molecular complexity index is 1060. The number of amides is 1. The number of nitrogens with zero attached hydrogens (tertiary/aromatic N) is 5. The Morgan fingerprint density at radius 2 is 1.93 bits per heavy atom. The maximum Gasteiger partial charge on any atom is 0.433 e. The molecule has 158 valence electrons. The van der Waals surface area contributed by atoms with E-state index >= 15 is 0 Å². The molecule has 0 N–H and O–H groups in total. The van der Waals surface area contributed by atoms with Crippen molar-refractivity contribution >= 4 is 11.6 Å². The third-order valence-corrected chi connectivity index (χ3v) is 5.40. The molecule has 0 aromatic carbocycles. The lowest BCUT2D eigenvalue weighted by atomic mass is 9.94. The molecule has 0 aliphatic carbocycles. The van der Waals surface area contributed by atoms with Crippen molar-refractivity contribution in [3.63, 3.8) is 0 Å². The fourth-order valence-corrected chi connectivity index (χ4v) is 3.79. The Balaban J connectivity index is 1.66. The van der Waals surface area contributed by atoms with Gasteiger partial charge in [0.25, 0.3) is 5.91 Å². The van der Waals surface area contributed by atoms with Crippen LogP contribution in [0.4, 0.5) is 13.2 Å². The summed E-state index contributed by atoms with van der Waals surface area (Å²) in [6.45, 7) is 4.62. The van der Waals surface area contributed by atoms with Gasteiger partial charge in [0.1, 0.15) is 5.69 Å². The predicted octanol–water partition coefficient (Wildman–Crippen LogP) is 4.29. The maximum atomic E-state index is 13.6. The van der Waals surface area contributed by atoms with Crippen LogP contribution in [0.1, 0.15) is 66.0 Å². The number of hydrogen-bond acceptors (Lipinski definition) is 4. The number of likely N-dealkylation sites (tertiary alicyclic amines) is 1. The summed E-state index contributed by atoms with van der Waals surface area (Å²) in [5, 5.41) is 4.26. The molecule has 4 heterocycles. The van der Waals surface area contributed by atoms with Crippen molar-refractivity contribution in [3.8, 4) is 0 Å². The van der Waals surface area contributed by atoms with Gasteiger partial charge in [-0.3, -0.25) is 9.78 Å². The zero-order chi connectivity index (χ0) is 21.5. The summed E-state index contributed by atoms with van der Waals surface area (Å²) in [7, 11) is 0. The fourth-order valence-electron chi connectivity index (χ4n) is 3.79. The average molecular weight is 417 g/mol. The Morgan fingerprint density at radius 3 is 2.60 bits per heavy atom. The van der Waals surface area contributed by atoms with E-state index in [0.717, 1.165) is 23.4 Å². The van der Waals surface area contributed by atoms with Gasteiger partial charge in [-0.2, -0.15) is 18.3 Å². The molecule has 1 aliphatic rings. The number of hydrogen-bond donors (Lipinski definition) is 0. The van der Waals surface area contributed by atoms with Crippen molar-refractivity contribution in [3.05, 3.63) is 59.3 Å². The number of fused-ring (bicyclic) bond motifs is 1. The topological polar surface area (TPSA) is 63.4 Å². The highest BCUT2D eigenvalue weighted by Gasteiger charge is 2.36. The Hall–Kier alpha value is -2.97. The SMILES string of the molecule is CC(C)c1cc(C(F)(F)F)n2nc(C3CCCN(C(=O)c4ccncc4)C3)cc2n1. The minimum atomic E-state index is -4.54. The Labute approximate surface area is 171 Å². The molecule has 0 bridgehead atoms. The van der Waals surface area contributed by atoms with Gasteiger partial charge in [0, 0.05) is 48.7 Å². The summed E-state index contributed by atoms with van der Waals surface area (Å²) < 4.78 is 41.7. The lowest BCUT2D eigenvalue weighted by Crippen LogP contribution is -2.39.